The van der Waals surface area contributed by atoms with Crippen LogP contribution in [0.1, 0.15) is 27.6 Å². The van der Waals surface area contributed by atoms with Crippen LogP contribution >= 0.6 is 0 Å². The van der Waals surface area contributed by atoms with E-state index in [-0.39, 0.29) is 52.2 Å². The third-order valence-corrected chi connectivity index (χ3v) is 5.45. The Hall–Kier alpha value is -4.47. The zero-order valence-electron chi connectivity index (χ0n) is 18.2. The number of ether oxygens (including phenoxy) is 4. The van der Waals surface area contributed by atoms with Crippen molar-refractivity contribution >= 4 is 5.97 Å². The first-order valence-electron chi connectivity index (χ1n) is 10.1. The summed E-state index contributed by atoms with van der Waals surface area (Å²) in [5, 5.41) is 49.9. The summed E-state index contributed by atoms with van der Waals surface area (Å²) in [5.74, 6) is -2.02. The molecule has 1 aliphatic rings. The van der Waals surface area contributed by atoms with Gasteiger partial charge in [0.25, 0.3) is 0 Å². The predicted molar refractivity (Wildman–Crippen MR) is 117 cm³/mol. The van der Waals surface area contributed by atoms with Crippen molar-refractivity contribution in [1.82, 2.24) is 0 Å². The highest BCUT2D eigenvalue weighted by atomic mass is 16.6. The minimum Gasteiger partial charge on any atom is -0.508 e. The number of fused-ring (bicyclic) bond motifs is 1. The van der Waals surface area contributed by atoms with Gasteiger partial charge in [0.05, 0.1) is 19.8 Å². The van der Waals surface area contributed by atoms with Crippen LogP contribution in [0.3, 0.4) is 0 Å². The molecule has 4 rings (SSSR count). The number of hydrogen-bond acceptors (Lipinski definition) is 10. The molecule has 0 radical (unpaired) electrons. The van der Waals surface area contributed by atoms with Crippen LogP contribution < -0.4 is 14.2 Å². The van der Waals surface area contributed by atoms with Crippen LogP contribution in [0.4, 0.5) is 0 Å². The molecule has 0 aromatic heterocycles. The quantitative estimate of drug-likeness (QED) is 0.277. The molecule has 10 nitrogen and oxygen atoms in total. The van der Waals surface area contributed by atoms with Crippen molar-refractivity contribution in [1.29, 1.82) is 0 Å². The van der Waals surface area contributed by atoms with Gasteiger partial charge < -0.3 is 44.5 Å². The lowest BCUT2D eigenvalue weighted by molar-refractivity contribution is -0.0189. The molecule has 0 fully saturated rings. The highest BCUT2D eigenvalue weighted by Gasteiger charge is 2.37. The Balaban J connectivity index is 1.72. The van der Waals surface area contributed by atoms with Gasteiger partial charge >= 0.3 is 5.97 Å². The molecule has 34 heavy (non-hydrogen) atoms. The molecule has 0 aliphatic carbocycles. The molecule has 3 aromatic carbocycles. The molecule has 2 atom stereocenters. The number of phenols is 5. The summed E-state index contributed by atoms with van der Waals surface area (Å²) in [7, 11) is 2.69. The van der Waals surface area contributed by atoms with E-state index in [1.807, 2.05) is 0 Å². The van der Waals surface area contributed by atoms with Crippen molar-refractivity contribution in [2.24, 2.45) is 0 Å². The number of hydrogen-bond donors (Lipinski definition) is 5. The van der Waals surface area contributed by atoms with Crippen molar-refractivity contribution in [3.63, 3.8) is 0 Å². The fraction of sp³-hybridized carbons (Fsp3) is 0.208. The van der Waals surface area contributed by atoms with Crippen molar-refractivity contribution in [3.8, 4) is 46.0 Å². The molecule has 1 aliphatic heterocycles. The summed E-state index contributed by atoms with van der Waals surface area (Å²) in [5.41, 5.74) is 0.657. The Bertz CT molecular complexity index is 1250. The molecular weight excluding hydrogens is 448 g/mol. The number of rotatable bonds is 5. The van der Waals surface area contributed by atoms with Gasteiger partial charge in [-0.15, -0.1) is 0 Å². The summed E-state index contributed by atoms with van der Waals surface area (Å²) in [6.45, 7) is 0. The Labute approximate surface area is 193 Å². The molecule has 1 heterocycles. The number of carbonyl (C=O) groups excluding carboxylic acids is 1. The van der Waals surface area contributed by atoms with Gasteiger partial charge in [-0.05, 0) is 24.3 Å². The van der Waals surface area contributed by atoms with E-state index in [9.17, 15) is 30.3 Å². The maximum Gasteiger partial charge on any atom is 0.338 e. The first kappa shape index (κ1) is 22.7. The Morgan fingerprint density at radius 1 is 0.882 bits per heavy atom. The Kier molecular flexibility index (Phi) is 5.89. The van der Waals surface area contributed by atoms with E-state index in [2.05, 4.69) is 0 Å². The molecule has 3 aromatic rings. The van der Waals surface area contributed by atoms with E-state index >= 15 is 0 Å². The summed E-state index contributed by atoms with van der Waals surface area (Å²) < 4.78 is 21.9. The lowest BCUT2D eigenvalue weighted by atomic mass is 9.93. The summed E-state index contributed by atoms with van der Waals surface area (Å²) in [6, 6.07) is 8.96. The molecule has 0 saturated carbocycles. The molecule has 0 spiro atoms. The standard InChI is InChI=1S/C24H22O10/c1-31-20-7-12(6-18(29)23(20)32-2)24(30)34-21-10-14-16(27)8-13(25)9-19(14)33-22(21)11-3-4-15(26)17(28)5-11/h3-9,21-22,25-29H,10H2,1-2H3. The average Bonchev–Trinajstić information content (AvgIpc) is 2.80. The number of carbonyl (C=O) groups is 1. The largest absolute Gasteiger partial charge is 0.508 e. The van der Waals surface area contributed by atoms with Crippen molar-refractivity contribution in [2.45, 2.75) is 18.6 Å². The first-order chi connectivity index (χ1) is 16.2. The van der Waals surface area contributed by atoms with E-state index in [4.69, 9.17) is 18.9 Å². The van der Waals surface area contributed by atoms with Gasteiger partial charge in [-0.1, -0.05) is 6.07 Å². The number of esters is 1. The van der Waals surface area contributed by atoms with E-state index in [1.165, 1.54) is 44.6 Å². The van der Waals surface area contributed by atoms with Gasteiger partial charge in [-0.25, -0.2) is 4.79 Å². The van der Waals surface area contributed by atoms with E-state index < -0.39 is 23.9 Å². The molecule has 0 amide bonds. The average molecular weight is 470 g/mol. The van der Waals surface area contributed by atoms with Crippen LogP contribution in [-0.4, -0.2) is 51.8 Å². The highest BCUT2D eigenvalue weighted by Crippen LogP contribution is 2.44. The van der Waals surface area contributed by atoms with Crippen molar-refractivity contribution in [2.75, 3.05) is 14.2 Å². The van der Waals surface area contributed by atoms with Crippen molar-refractivity contribution in [3.05, 3.63) is 59.2 Å². The number of aromatic hydroxyl groups is 5. The van der Waals surface area contributed by atoms with Gasteiger partial charge in [0, 0.05) is 29.7 Å². The lowest BCUT2D eigenvalue weighted by Gasteiger charge is -2.34. The Morgan fingerprint density at radius 3 is 2.32 bits per heavy atom. The zero-order valence-corrected chi connectivity index (χ0v) is 18.2. The van der Waals surface area contributed by atoms with Crippen molar-refractivity contribution < 1.29 is 49.3 Å². The third-order valence-electron chi connectivity index (χ3n) is 5.45. The van der Waals surface area contributed by atoms with Gasteiger partial charge in [0.2, 0.25) is 5.75 Å². The second-order valence-corrected chi connectivity index (χ2v) is 7.61. The number of benzene rings is 3. The molecule has 5 N–H and O–H groups in total. The lowest BCUT2D eigenvalue weighted by Crippen LogP contribution is -2.34. The van der Waals surface area contributed by atoms with Crippen LogP contribution in [-0.2, 0) is 11.2 Å². The molecule has 0 bridgehead atoms. The maximum atomic E-state index is 13.0. The minimum absolute atomic E-state index is 0.0127. The molecular formula is C24H22O10. The van der Waals surface area contributed by atoms with Crippen LogP contribution in [0.15, 0.2) is 42.5 Å². The van der Waals surface area contributed by atoms with Gasteiger partial charge in [-0.2, -0.15) is 0 Å². The highest BCUT2D eigenvalue weighted by molar-refractivity contribution is 5.91. The molecule has 10 heteroatoms. The molecule has 2 unspecified atom stereocenters. The third kappa shape index (κ3) is 4.13. The topological polar surface area (TPSA) is 155 Å². The zero-order chi connectivity index (χ0) is 24.6. The molecule has 0 saturated heterocycles. The number of phenolic OH excluding ortho intramolecular Hbond substituents is 5. The SMILES string of the molecule is COc1cc(C(=O)OC2Cc3c(O)cc(O)cc3OC2c2ccc(O)c(O)c2)cc(O)c1OC. The normalized spacial score (nSPS) is 16.8. The van der Waals surface area contributed by atoms with E-state index in [1.54, 1.807) is 0 Å². The van der Waals surface area contributed by atoms with Crippen LogP contribution in [0.25, 0.3) is 0 Å². The van der Waals surface area contributed by atoms with E-state index in [0.29, 0.717) is 11.1 Å². The second kappa shape index (κ2) is 8.81. The van der Waals surface area contributed by atoms with Gasteiger partial charge in [0.15, 0.2) is 29.1 Å². The first-order valence-corrected chi connectivity index (χ1v) is 10.1. The second-order valence-electron chi connectivity index (χ2n) is 7.61. The fourth-order valence-electron chi connectivity index (χ4n) is 3.82. The number of methoxy groups -OCH3 is 2. The smallest absolute Gasteiger partial charge is 0.338 e. The van der Waals surface area contributed by atoms with Gasteiger partial charge in [-0.3, -0.25) is 0 Å². The maximum absolute atomic E-state index is 13.0. The van der Waals surface area contributed by atoms with Gasteiger partial charge in [0.1, 0.15) is 23.4 Å². The van der Waals surface area contributed by atoms with E-state index in [0.717, 1.165) is 12.1 Å². The summed E-state index contributed by atoms with van der Waals surface area (Å²) in [6.07, 6.45) is -1.94. The fourth-order valence-corrected chi connectivity index (χ4v) is 3.82. The summed E-state index contributed by atoms with van der Waals surface area (Å²) >= 11 is 0. The predicted octanol–water partition coefficient (Wildman–Crippen LogP) is 3.13. The summed E-state index contributed by atoms with van der Waals surface area (Å²) in [4.78, 5) is 13.0. The van der Waals surface area contributed by atoms with Crippen LogP contribution in [0.2, 0.25) is 0 Å². The van der Waals surface area contributed by atoms with Crippen LogP contribution in [0.5, 0.6) is 46.0 Å². The van der Waals surface area contributed by atoms with Crippen LogP contribution in [0, 0.1) is 0 Å². The minimum atomic E-state index is -0.991. The molecule has 178 valence electrons. The Morgan fingerprint density at radius 2 is 1.65 bits per heavy atom. The monoisotopic (exact) mass is 470 g/mol.